The first-order valence-electron chi connectivity index (χ1n) is 7.43. The van der Waals surface area contributed by atoms with Crippen LogP contribution in [0.5, 0.6) is 0 Å². The van der Waals surface area contributed by atoms with E-state index in [2.05, 4.69) is 4.98 Å². The fraction of sp³-hybridized carbons (Fsp3) is 0.312. The molecule has 0 atom stereocenters. The van der Waals surface area contributed by atoms with Crippen LogP contribution >= 0.6 is 23.2 Å². The Morgan fingerprint density at radius 1 is 1.25 bits per heavy atom. The van der Waals surface area contributed by atoms with Gasteiger partial charge in [-0.05, 0) is 18.9 Å². The van der Waals surface area contributed by atoms with E-state index < -0.39 is 10.5 Å². The van der Waals surface area contributed by atoms with E-state index in [0.29, 0.717) is 36.5 Å². The lowest BCUT2D eigenvalue weighted by molar-refractivity contribution is -0.384. The fourth-order valence-electron chi connectivity index (χ4n) is 3.00. The van der Waals surface area contributed by atoms with Gasteiger partial charge in [0.25, 0.3) is 0 Å². The minimum Gasteiger partial charge on any atom is -0.385 e. The maximum atomic E-state index is 11.2. The summed E-state index contributed by atoms with van der Waals surface area (Å²) in [6, 6.07) is 8.48. The number of pyridine rings is 1. The standard InChI is InChI=1S/C16H15Cl2N3O3/c17-11-9-14(21(23)24)15(19-10-11)20-7-5-16(22,6-8-20)12-3-1-2-4-13(12)18/h1-4,9-10,22H,5-8H2. The summed E-state index contributed by atoms with van der Waals surface area (Å²) in [6.07, 6.45) is 2.19. The van der Waals surface area contributed by atoms with Crippen molar-refractivity contribution in [3.05, 3.63) is 62.3 Å². The van der Waals surface area contributed by atoms with Crippen molar-refractivity contribution in [3.8, 4) is 0 Å². The largest absolute Gasteiger partial charge is 0.385 e. The molecule has 0 unspecified atom stereocenters. The van der Waals surface area contributed by atoms with Gasteiger partial charge in [0.1, 0.15) is 0 Å². The van der Waals surface area contributed by atoms with Crippen molar-refractivity contribution in [2.45, 2.75) is 18.4 Å². The van der Waals surface area contributed by atoms with E-state index >= 15 is 0 Å². The molecule has 1 N–H and O–H groups in total. The van der Waals surface area contributed by atoms with E-state index in [1.54, 1.807) is 17.0 Å². The summed E-state index contributed by atoms with van der Waals surface area (Å²) in [6.45, 7) is 0.856. The van der Waals surface area contributed by atoms with E-state index in [-0.39, 0.29) is 16.5 Å². The molecule has 0 amide bonds. The van der Waals surface area contributed by atoms with Crippen molar-refractivity contribution in [1.29, 1.82) is 0 Å². The van der Waals surface area contributed by atoms with Crippen LogP contribution < -0.4 is 4.90 Å². The molecule has 0 bridgehead atoms. The number of aromatic nitrogens is 1. The lowest BCUT2D eigenvalue weighted by Gasteiger charge is -2.39. The average Bonchev–Trinajstić information content (AvgIpc) is 2.56. The molecule has 1 fully saturated rings. The second kappa shape index (κ2) is 6.55. The first kappa shape index (κ1) is 17.0. The molecule has 1 saturated heterocycles. The van der Waals surface area contributed by atoms with Gasteiger partial charge >= 0.3 is 5.69 Å². The number of nitrogens with zero attached hydrogens (tertiary/aromatic N) is 3. The van der Waals surface area contributed by atoms with Crippen molar-refractivity contribution >= 4 is 34.7 Å². The highest BCUT2D eigenvalue weighted by Gasteiger charge is 2.37. The van der Waals surface area contributed by atoms with Gasteiger partial charge in [0, 0.05) is 35.9 Å². The van der Waals surface area contributed by atoms with Crippen molar-refractivity contribution in [2.75, 3.05) is 18.0 Å². The summed E-state index contributed by atoms with van der Waals surface area (Å²) in [5.41, 5.74) is -0.494. The molecule has 8 heteroatoms. The van der Waals surface area contributed by atoms with Gasteiger partial charge in [-0.3, -0.25) is 10.1 Å². The zero-order valence-corrected chi connectivity index (χ0v) is 14.2. The molecule has 0 spiro atoms. The van der Waals surface area contributed by atoms with Crippen LogP contribution in [0.4, 0.5) is 11.5 Å². The van der Waals surface area contributed by atoms with Crippen LogP contribution in [0.2, 0.25) is 10.0 Å². The molecular weight excluding hydrogens is 353 g/mol. The quantitative estimate of drug-likeness (QED) is 0.659. The highest BCUT2D eigenvalue weighted by molar-refractivity contribution is 6.31. The second-order valence-corrected chi connectivity index (χ2v) is 6.60. The van der Waals surface area contributed by atoms with Crippen LogP contribution in [0.25, 0.3) is 0 Å². The Morgan fingerprint density at radius 3 is 2.54 bits per heavy atom. The molecule has 0 radical (unpaired) electrons. The summed E-state index contributed by atoms with van der Waals surface area (Å²) in [5.74, 6) is 0.269. The number of hydrogen-bond donors (Lipinski definition) is 1. The Kier molecular flexibility index (Phi) is 4.62. The number of hydrogen-bond acceptors (Lipinski definition) is 5. The second-order valence-electron chi connectivity index (χ2n) is 5.75. The summed E-state index contributed by atoms with van der Waals surface area (Å²) < 4.78 is 0. The van der Waals surface area contributed by atoms with Crippen LogP contribution in [0, 0.1) is 10.1 Å². The summed E-state index contributed by atoms with van der Waals surface area (Å²) in [5, 5.41) is 22.9. The van der Waals surface area contributed by atoms with Gasteiger partial charge in [0.15, 0.2) is 0 Å². The third-order valence-corrected chi connectivity index (χ3v) is 4.81. The number of piperidine rings is 1. The Morgan fingerprint density at radius 2 is 1.92 bits per heavy atom. The molecule has 1 aromatic carbocycles. The first-order chi connectivity index (χ1) is 11.4. The van der Waals surface area contributed by atoms with Gasteiger partial charge in [-0.15, -0.1) is 0 Å². The number of halogens is 2. The number of anilines is 1. The van der Waals surface area contributed by atoms with E-state index in [0.717, 1.165) is 0 Å². The van der Waals surface area contributed by atoms with Crippen LogP contribution in [0.1, 0.15) is 18.4 Å². The van der Waals surface area contributed by atoms with Gasteiger partial charge < -0.3 is 10.0 Å². The number of benzene rings is 1. The summed E-state index contributed by atoms with van der Waals surface area (Å²) in [7, 11) is 0. The highest BCUT2D eigenvalue weighted by Crippen LogP contribution is 2.39. The van der Waals surface area contributed by atoms with E-state index in [1.807, 2.05) is 12.1 Å². The maximum Gasteiger partial charge on any atom is 0.313 e. The molecule has 2 heterocycles. The van der Waals surface area contributed by atoms with Gasteiger partial charge in [0.05, 0.1) is 15.5 Å². The molecule has 6 nitrogen and oxygen atoms in total. The molecule has 3 rings (SSSR count). The Bertz CT molecular complexity index is 777. The fourth-order valence-corrected chi connectivity index (χ4v) is 3.46. The monoisotopic (exact) mass is 367 g/mol. The molecule has 0 saturated carbocycles. The third kappa shape index (κ3) is 3.17. The normalized spacial score (nSPS) is 16.9. The molecule has 126 valence electrons. The molecule has 1 aromatic heterocycles. The molecule has 1 aliphatic rings. The number of nitro groups is 1. The minimum atomic E-state index is -1.05. The predicted molar refractivity (Wildman–Crippen MR) is 92.7 cm³/mol. The smallest absolute Gasteiger partial charge is 0.313 e. The summed E-state index contributed by atoms with van der Waals surface area (Å²) >= 11 is 12.0. The average molecular weight is 368 g/mol. The molecule has 1 aliphatic heterocycles. The van der Waals surface area contributed by atoms with Crippen molar-refractivity contribution in [2.24, 2.45) is 0 Å². The lowest BCUT2D eigenvalue weighted by Crippen LogP contribution is -2.43. The Labute approximate surface area is 148 Å². The van der Waals surface area contributed by atoms with Gasteiger partial charge in [-0.1, -0.05) is 41.4 Å². The topological polar surface area (TPSA) is 79.5 Å². The molecule has 2 aromatic rings. The summed E-state index contributed by atoms with van der Waals surface area (Å²) in [4.78, 5) is 16.6. The molecular formula is C16H15Cl2N3O3. The lowest BCUT2D eigenvalue weighted by atomic mass is 9.84. The predicted octanol–water partition coefficient (Wildman–Crippen LogP) is 3.78. The SMILES string of the molecule is O=[N+]([O-])c1cc(Cl)cnc1N1CCC(O)(c2ccccc2Cl)CC1. The minimum absolute atomic E-state index is 0.134. The van der Waals surface area contributed by atoms with E-state index in [4.69, 9.17) is 23.2 Å². The van der Waals surface area contributed by atoms with Crippen LogP contribution in [0.3, 0.4) is 0 Å². The van der Waals surface area contributed by atoms with E-state index in [1.165, 1.54) is 12.3 Å². The Balaban J connectivity index is 1.83. The van der Waals surface area contributed by atoms with E-state index in [9.17, 15) is 15.2 Å². The van der Waals surface area contributed by atoms with Crippen LogP contribution in [-0.2, 0) is 5.60 Å². The van der Waals surface area contributed by atoms with Crippen LogP contribution in [0.15, 0.2) is 36.5 Å². The Hall–Kier alpha value is -1.89. The number of rotatable bonds is 3. The van der Waals surface area contributed by atoms with Gasteiger partial charge in [0.2, 0.25) is 5.82 Å². The van der Waals surface area contributed by atoms with Gasteiger partial charge in [-0.2, -0.15) is 0 Å². The zero-order valence-electron chi connectivity index (χ0n) is 12.7. The van der Waals surface area contributed by atoms with Crippen molar-refractivity contribution in [3.63, 3.8) is 0 Å². The van der Waals surface area contributed by atoms with Crippen LogP contribution in [-0.4, -0.2) is 28.1 Å². The zero-order chi connectivity index (χ0) is 17.3. The highest BCUT2D eigenvalue weighted by atomic mass is 35.5. The van der Waals surface area contributed by atoms with Crippen molar-refractivity contribution in [1.82, 2.24) is 4.98 Å². The first-order valence-corrected chi connectivity index (χ1v) is 8.18. The third-order valence-electron chi connectivity index (χ3n) is 4.28. The van der Waals surface area contributed by atoms with Crippen molar-refractivity contribution < 1.29 is 10.0 Å². The maximum absolute atomic E-state index is 11.2. The molecule has 0 aliphatic carbocycles. The molecule has 24 heavy (non-hydrogen) atoms. The number of aliphatic hydroxyl groups is 1. The van der Waals surface area contributed by atoms with Gasteiger partial charge in [-0.25, -0.2) is 4.98 Å².